The summed E-state index contributed by atoms with van der Waals surface area (Å²) in [6.07, 6.45) is 0. The SMILES string of the molecule is COc1ccc(C(C)NC(=O)COc2c(C)cccc2C)cc1OC. The molecule has 0 aliphatic carbocycles. The van der Waals surface area contributed by atoms with Gasteiger partial charge in [0.05, 0.1) is 20.3 Å². The molecule has 1 atom stereocenters. The van der Waals surface area contributed by atoms with Gasteiger partial charge in [-0.2, -0.15) is 0 Å². The third kappa shape index (κ3) is 4.66. The van der Waals surface area contributed by atoms with Crippen LogP contribution in [0, 0.1) is 13.8 Å². The van der Waals surface area contributed by atoms with E-state index < -0.39 is 0 Å². The molecule has 0 fully saturated rings. The molecule has 2 rings (SSSR count). The highest BCUT2D eigenvalue weighted by molar-refractivity contribution is 5.78. The van der Waals surface area contributed by atoms with Gasteiger partial charge in [0.15, 0.2) is 18.1 Å². The van der Waals surface area contributed by atoms with Gasteiger partial charge in [-0.25, -0.2) is 0 Å². The molecule has 0 bridgehead atoms. The fourth-order valence-corrected chi connectivity index (χ4v) is 2.65. The Labute approximate surface area is 148 Å². The Morgan fingerprint density at radius 3 is 2.28 bits per heavy atom. The smallest absolute Gasteiger partial charge is 0.258 e. The summed E-state index contributed by atoms with van der Waals surface area (Å²) in [5, 5.41) is 2.93. The molecular formula is C20H25NO4. The Morgan fingerprint density at radius 2 is 1.68 bits per heavy atom. The van der Waals surface area contributed by atoms with E-state index in [4.69, 9.17) is 14.2 Å². The molecule has 5 nitrogen and oxygen atoms in total. The molecule has 0 radical (unpaired) electrons. The van der Waals surface area contributed by atoms with Gasteiger partial charge in [0.1, 0.15) is 5.75 Å². The van der Waals surface area contributed by atoms with Crippen LogP contribution in [0.25, 0.3) is 0 Å². The van der Waals surface area contributed by atoms with Gasteiger partial charge < -0.3 is 19.5 Å². The van der Waals surface area contributed by atoms with E-state index in [0.29, 0.717) is 11.5 Å². The molecule has 25 heavy (non-hydrogen) atoms. The molecule has 0 saturated heterocycles. The molecule has 0 heterocycles. The van der Waals surface area contributed by atoms with Gasteiger partial charge in [0.25, 0.3) is 5.91 Å². The van der Waals surface area contributed by atoms with Gasteiger partial charge in [0.2, 0.25) is 0 Å². The third-order valence-corrected chi connectivity index (χ3v) is 4.04. The van der Waals surface area contributed by atoms with Gasteiger partial charge in [-0.05, 0) is 49.6 Å². The first-order valence-electron chi connectivity index (χ1n) is 8.16. The first kappa shape index (κ1) is 18.6. The van der Waals surface area contributed by atoms with Crippen LogP contribution in [0.2, 0.25) is 0 Å². The summed E-state index contributed by atoms with van der Waals surface area (Å²) < 4.78 is 16.2. The first-order valence-corrected chi connectivity index (χ1v) is 8.16. The molecule has 0 spiro atoms. The molecule has 0 aromatic heterocycles. The van der Waals surface area contributed by atoms with Crippen LogP contribution < -0.4 is 19.5 Å². The predicted molar refractivity (Wildman–Crippen MR) is 97.5 cm³/mol. The highest BCUT2D eigenvalue weighted by atomic mass is 16.5. The summed E-state index contributed by atoms with van der Waals surface area (Å²) >= 11 is 0. The maximum absolute atomic E-state index is 12.2. The second-order valence-corrected chi connectivity index (χ2v) is 5.91. The quantitative estimate of drug-likeness (QED) is 0.835. The molecule has 0 aliphatic heterocycles. The van der Waals surface area contributed by atoms with Crippen molar-refractivity contribution in [2.24, 2.45) is 0 Å². The van der Waals surface area contributed by atoms with Crippen LogP contribution in [0.15, 0.2) is 36.4 Å². The topological polar surface area (TPSA) is 56.8 Å². The number of rotatable bonds is 7. The van der Waals surface area contributed by atoms with E-state index in [2.05, 4.69) is 5.32 Å². The van der Waals surface area contributed by atoms with Crippen molar-refractivity contribution in [2.75, 3.05) is 20.8 Å². The first-order chi connectivity index (χ1) is 12.0. The van der Waals surface area contributed by atoms with Crippen LogP contribution in [-0.2, 0) is 4.79 Å². The minimum Gasteiger partial charge on any atom is -0.493 e. The van der Waals surface area contributed by atoms with Crippen LogP contribution in [-0.4, -0.2) is 26.7 Å². The van der Waals surface area contributed by atoms with E-state index in [1.54, 1.807) is 14.2 Å². The number of nitrogens with one attached hydrogen (secondary N) is 1. The maximum atomic E-state index is 12.2. The Hall–Kier alpha value is -2.69. The van der Waals surface area contributed by atoms with E-state index in [1.165, 1.54) is 0 Å². The van der Waals surface area contributed by atoms with E-state index >= 15 is 0 Å². The molecule has 2 aromatic rings. The van der Waals surface area contributed by atoms with Gasteiger partial charge in [-0.15, -0.1) is 0 Å². The maximum Gasteiger partial charge on any atom is 0.258 e. The second-order valence-electron chi connectivity index (χ2n) is 5.91. The molecule has 134 valence electrons. The number of methoxy groups -OCH3 is 2. The van der Waals surface area contributed by atoms with Crippen molar-refractivity contribution < 1.29 is 19.0 Å². The molecular weight excluding hydrogens is 318 g/mol. The van der Waals surface area contributed by atoms with Crippen LogP contribution >= 0.6 is 0 Å². The Morgan fingerprint density at radius 1 is 1.04 bits per heavy atom. The van der Waals surface area contributed by atoms with E-state index in [-0.39, 0.29) is 18.6 Å². The normalized spacial score (nSPS) is 11.6. The van der Waals surface area contributed by atoms with Crippen molar-refractivity contribution in [1.29, 1.82) is 0 Å². The number of hydrogen-bond donors (Lipinski definition) is 1. The molecule has 1 N–H and O–H groups in total. The van der Waals surface area contributed by atoms with Crippen molar-refractivity contribution >= 4 is 5.91 Å². The fourth-order valence-electron chi connectivity index (χ4n) is 2.65. The lowest BCUT2D eigenvalue weighted by Gasteiger charge is -2.17. The van der Waals surface area contributed by atoms with E-state index in [0.717, 1.165) is 22.4 Å². The summed E-state index contributed by atoms with van der Waals surface area (Å²) in [4.78, 5) is 12.2. The summed E-state index contributed by atoms with van der Waals surface area (Å²) in [6, 6.07) is 11.3. The van der Waals surface area contributed by atoms with Crippen molar-refractivity contribution in [2.45, 2.75) is 26.8 Å². The van der Waals surface area contributed by atoms with Gasteiger partial charge in [0, 0.05) is 0 Å². The predicted octanol–water partition coefficient (Wildman–Crippen LogP) is 3.58. The van der Waals surface area contributed by atoms with Crippen molar-refractivity contribution in [3.05, 3.63) is 53.1 Å². The number of carbonyl (C=O) groups is 1. The summed E-state index contributed by atoms with van der Waals surface area (Å²) in [6.45, 7) is 5.82. The fraction of sp³-hybridized carbons (Fsp3) is 0.350. The minimum atomic E-state index is -0.176. The molecule has 1 unspecified atom stereocenters. The Kier molecular flexibility index (Phi) is 6.28. The Balaban J connectivity index is 1.98. The average molecular weight is 343 g/mol. The highest BCUT2D eigenvalue weighted by Crippen LogP contribution is 2.29. The highest BCUT2D eigenvalue weighted by Gasteiger charge is 2.14. The number of hydrogen-bond acceptors (Lipinski definition) is 4. The number of amides is 1. The molecule has 0 aliphatic rings. The molecule has 2 aromatic carbocycles. The molecule has 5 heteroatoms. The summed E-state index contributed by atoms with van der Waals surface area (Å²) in [7, 11) is 3.18. The van der Waals surface area contributed by atoms with Crippen molar-refractivity contribution in [3.63, 3.8) is 0 Å². The number of ether oxygens (including phenoxy) is 3. The zero-order valence-corrected chi connectivity index (χ0v) is 15.4. The van der Waals surface area contributed by atoms with Crippen molar-refractivity contribution in [3.8, 4) is 17.2 Å². The second kappa shape index (κ2) is 8.42. The zero-order chi connectivity index (χ0) is 18.4. The Bertz CT molecular complexity index is 722. The van der Waals surface area contributed by atoms with Crippen LogP contribution in [0.3, 0.4) is 0 Å². The van der Waals surface area contributed by atoms with Gasteiger partial charge >= 0.3 is 0 Å². The third-order valence-electron chi connectivity index (χ3n) is 4.04. The monoisotopic (exact) mass is 343 g/mol. The minimum absolute atomic E-state index is 0.0245. The summed E-state index contributed by atoms with van der Waals surface area (Å²) in [5.74, 6) is 1.87. The zero-order valence-electron chi connectivity index (χ0n) is 15.4. The van der Waals surface area contributed by atoms with Gasteiger partial charge in [-0.3, -0.25) is 4.79 Å². The number of benzene rings is 2. The number of carbonyl (C=O) groups excluding carboxylic acids is 1. The standard InChI is InChI=1S/C20H25NO4/c1-13-7-6-8-14(2)20(13)25-12-19(22)21-15(3)16-9-10-17(23-4)18(11-16)24-5/h6-11,15H,12H2,1-5H3,(H,21,22). The van der Waals surface area contributed by atoms with E-state index in [1.807, 2.05) is 57.2 Å². The lowest BCUT2D eigenvalue weighted by molar-refractivity contribution is -0.123. The number of aryl methyl sites for hydroxylation is 2. The molecule has 1 amide bonds. The van der Waals surface area contributed by atoms with Gasteiger partial charge in [-0.1, -0.05) is 24.3 Å². The van der Waals surface area contributed by atoms with E-state index in [9.17, 15) is 4.79 Å². The summed E-state index contributed by atoms with van der Waals surface area (Å²) in [5.41, 5.74) is 2.96. The number of para-hydroxylation sites is 1. The average Bonchev–Trinajstić information content (AvgIpc) is 2.60. The van der Waals surface area contributed by atoms with Crippen LogP contribution in [0.4, 0.5) is 0 Å². The lowest BCUT2D eigenvalue weighted by atomic mass is 10.1. The van der Waals surface area contributed by atoms with Crippen LogP contribution in [0.1, 0.15) is 29.7 Å². The van der Waals surface area contributed by atoms with Crippen LogP contribution in [0.5, 0.6) is 17.2 Å². The largest absolute Gasteiger partial charge is 0.493 e. The van der Waals surface area contributed by atoms with Crippen molar-refractivity contribution in [1.82, 2.24) is 5.32 Å². The molecule has 0 saturated carbocycles. The lowest BCUT2D eigenvalue weighted by Crippen LogP contribution is -2.31.